The summed E-state index contributed by atoms with van der Waals surface area (Å²) in [5.41, 5.74) is 0.0458. The van der Waals surface area contributed by atoms with E-state index in [1.807, 2.05) is 0 Å². The highest BCUT2D eigenvalue weighted by Gasteiger charge is 2.48. The molecule has 1 atom stereocenters. The van der Waals surface area contributed by atoms with Crippen LogP contribution < -0.4 is 0 Å². The molecule has 1 fully saturated rings. The summed E-state index contributed by atoms with van der Waals surface area (Å²) in [4.78, 5) is 0. The maximum absolute atomic E-state index is 6.05. The van der Waals surface area contributed by atoms with E-state index < -0.39 is 8.80 Å². The smallest absolute Gasteiger partial charge is 0.377 e. The molecule has 0 N–H and O–H groups in total. The van der Waals surface area contributed by atoms with Crippen molar-refractivity contribution in [3.05, 3.63) is 0 Å². The predicted molar refractivity (Wildman–Crippen MR) is 70.6 cm³/mol. The molecule has 0 aromatic rings. The topological polar surface area (TPSA) is 46.2 Å². The van der Waals surface area contributed by atoms with Crippen LogP contribution in [0.2, 0.25) is 5.54 Å². The van der Waals surface area contributed by atoms with Crippen molar-refractivity contribution < 1.29 is 22.8 Å². The van der Waals surface area contributed by atoms with Crippen LogP contribution in [-0.2, 0) is 22.8 Å². The molecule has 1 aliphatic rings. The lowest BCUT2D eigenvalue weighted by molar-refractivity contribution is -0.212. The lowest BCUT2D eigenvalue weighted by atomic mass is 9.99. The van der Waals surface area contributed by atoms with Gasteiger partial charge in [0.25, 0.3) is 0 Å². The molecule has 0 bridgehead atoms. The van der Waals surface area contributed by atoms with Gasteiger partial charge in [-0.05, 0) is 12.8 Å². The fraction of sp³-hybridized carbons (Fsp3) is 1.00. The average Bonchev–Trinajstić information content (AvgIpc) is 2.37. The number of hydrogen-bond donors (Lipinski definition) is 0. The summed E-state index contributed by atoms with van der Waals surface area (Å²) < 4.78 is 27.9. The molecule has 108 valence electrons. The molecule has 6 heteroatoms. The van der Waals surface area contributed by atoms with Crippen molar-refractivity contribution in [2.24, 2.45) is 0 Å². The Labute approximate surface area is 111 Å². The van der Waals surface area contributed by atoms with Gasteiger partial charge in [-0.15, -0.1) is 0 Å². The van der Waals surface area contributed by atoms with E-state index in [4.69, 9.17) is 22.8 Å². The summed E-state index contributed by atoms with van der Waals surface area (Å²) in [5, 5.41) is 0. The molecule has 1 rings (SSSR count). The van der Waals surface area contributed by atoms with Crippen LogP contribution in [0.5, 0.6) is 0 Å². The van der Waals surface area contributed by atoms with E-state index in [-0.39, 0.29) is 11.1 Å². The first-order chi connectivity index (χ1) is 8.62. The van der Waals surface area contributed by atoms with E-state index >= 15 is 0 Å². The molecule has 0 aromatic heterocycles. The van der Waals surface area contributed by atoms with Crippen LogP contribution in [0.25, 0.3) is 0 Å². The van der Waals surface area contributed by atoms with Crippen molar-refractivity contribution in [1.82, 2.24) is 0 Å². The summed E-state index contributed by atoms with van der Waals surface area (Å²) in [6.45, 7) is 6.18. The second-order valence-corrected chi connectivity index (χ2v) is 7.91. The van der Waals surface area contributed by atoms with E-state index in [1.165, 1.54) is 0 Å². The fourth-order valence-electron chi connectivity index (χ4n) is 2.22. The van der Waals surface area contributed by atoms with Gasteiger partial charge in [0.1, 0.15) is 5.60 Å². The minimum absolute atomic E-state index is 0.108. The third-order valence-electron chi connectivity index (χ3n) is 3.81. The molecule has 1 heterocycles. The van der Waals surface area contributed by atoms with Gasteiger partial charge in [-0.25, -0.2) is 0 Å². The second kappa shape index (κ2) is 6.98. The van der Waals surface area contributed by atoms with Gasteiger partial charge in [0.15, 0.2) is 0 Å². The molecule has 1 unspecified atom stereocenters. The van der Waals surface area contributed by atoms with Crippen LogP contribution in [0.4, 0.5) is 0 Å². The largest absolute Gasteiger partial charge is 0.505 e. The maximum Gasteiger partial charge on any atom is 0.505 e. The Bertz CT molecular complexity index is 227. The highest BCUT2D eigenvalue weighted by molar-refractivity contribution is 6.62. The lowest BCUT2D eigenvalue weighted by Crippen LogP contribution is -2.54. The monoisotopic (exact) mass is 278 g/mol. The van der Waals surface area contributed by atoms with Gasteiger partial charge in [-0.3, -0.25) is 0 Å². The Kier molecular flexibility index (Phi) is 6.23. The number of ether oxygens (including phenoxy) is 2. The summed E-state index contributed by atoms with van der Waals surface area (Å²) in [7, 11) is 2.31. The van der Waals surface area contributed by atoms with E-state index in [9.17, 15) is 0 Å². The van der Waals surface area contributed by atoms with Crippen LogP contribution in [-0.4, -0.2) is 55.6 Å². The Morgan fingerprint density at radius 1 is 1.11 bits per heavy atom. The molecule has 0 aliphatic carbocycles. The zero-order valence-electron chi connectivity index (χ0n) is 12.2. The van der Waals surface area contributed by atoms with E-state index in [0.29, 0.717) is 19.8 Å². The standard InChI is InChI=1S/C12H26O5Si/c1-6-11(18(13-3,14-4)15-5)8-17-12(7-2)9-16-10-12/h11H,6-10H2,1-5H3. The van der Waals surface area contributed by atoms with E-state index in [2.05, 4.69) is 13.8 Å². The van der Waals surface area contributed by atoms with Crippen molar-refractivity contribution in [3.63, 3.8) is 0 Å². The normalized spacial score (nSPS) is 20.5. The van der Waals surface area contributed by atoms with E-state index in [0.717, 1.165) is 12.8 Å². The summed E-state index contributed by atoms with van der Waals surface area (Å²) >= 11 is 0. The van der Waals surface area contributed by atoms with Crippen LogP contribution in [0.1, 0.15) is 26.7 Å². The van der Waals surface area contributed by atoms with Gasteiger partial charge in [0, 0.05) is 21.3 Å². The number of rotatable bonds is 9. The van der Waals surface area contributed by atoms with Crippen LogP contribution >= 0.6 is 0 Å². The zero-order valence-corrected chi connectivity index (χ0v) is 13.2. The Balaban J connectivity index is 2.60. The van der Waals surface area contributed by atoms with Gasteiger partial charge in [0.05, 0.1) is 25.4 Å². The summed E-state index contributed by atoms with van der Waals surface area (Å²) in [6, 6.07) is 0. The summed E-state index contributed by atoms with van der Waals surface area (Å²) in [5.74, 6) is 0. The van der Waals surface area contributed by atoms with Gasteiger partial charge < -0.3 is 22.8 Å². The molecule has 0 spiro atoms. The molecule has 1 aliphatic heterocycles. The molecular weight excluding hydrogens is 252 g/mol. The van der Waals surface area contributed by atoms with Gasteiger partial charge in [0.2, 0.25) is 0 Å². The van der Waals surface area contributed by atoms with Crippen LogP contribution in [0, 0.1) is 0 Å². The van der Waals surface area contributed by atoms with Crippen molar-refractivity contribution in [1.29, 1.82) is 0 Å². The highest BCUT2D eigenvalue weighted by Crippen LogP contribution is 2.32. The Morgan fingerprint density at radius 2 is 1.67 bits per heavy atom. The van der Waals surface area contributed by atoms with Crippen molar-refractivity contribution in [2.45, 2.75) is 37.8 Å². The van der Waals surface area contributed by atoms with Gasteiger partial charge >= 0.3 is 8.80 Å². The minimum atomic E-state index is -2.61. The van der Waals surface area contributed by atoms with Crippen molar-refractivity contribution >= 4 is 8.80 Å². The third-order valence-corrected chi connectivity index (χ3v) is 7.09. The zero-order chi connectivity index (χ0) is 13.6. The molecule has 18 heavy (non-hydrogen) atoms. The maximum atomic E-state index is 6.05. The second-order valence-electron chi connectivity index (χ2n) is 4.66. The predicted octanol–water partition coefficient (Wildman–Crippen LogP) is 1.84. The number of hydrogen-bond acceptors (Lipinski definition) is 5. The first-order valence-electron chi connectivity index (χ1n) is 6.49. The molecule has 0 radical (unpaired) electrons. The van der Waals surface area contributed by atoms with Gasteiger partial charge in [-0.2, -0.15) is 0 Å². The first kappa shape index (κ1) is 16.1. The fourth-order valence-corrected chi connectivity index (χ4v) is 4.50. The quantitative estimate of drug-likeness (QED) is 0.602. The molecular formula is C12H26O5Si. The Hall–Kier alpha value is 0.0169. The first-order valence-corrected chi connectivity index (χ1v) is 8.29. The van der Waals surface area contributed by atoms with Gasteiger partial charge in [-0.1, -0.05) is 13.8 Å². The summed E-state index contributed by atoms with van der Waals surface area (Å²) in [6.07, 6.45) is 1.87. The SMILES string of the molecule is CCC(COC1(CC)COC1)[Si](OC)(OC)OC. The van der Waals surface area contributed by atoms with Crippen molar-refractivity contribution in [3.8, 4) is 0 Å². The minimum Gasteiger partial charge on any atom is -0.377 e. The molecule has 5 nitrogen and oxygen atoms in total. The molecule has 0 aromatic carbocycles. The highest BCUT2D eigenvalue weighted by atomic mass is 28.4. The molecule has 0 amide bonds. The van der Waals surface area contributed by atoms with Crippen LogP contribution in [0.3, 0.4) is 0 Å². The van der Waals surface area contributed by atoms with Crippen molar-refractivity contribution in [2.75, 3.05) is 41.2 Å². The van der Waals surface area contributed by atoms with E-state index in [1.54, 1.807) is 21.3 Å². The molecule has 0 saturated carbocycles. The third kappa shape index (κ3) is 3.12. The lowest BCUT2D eigenvalue weighted by Gasteiger charge is -2.42. The Morgan fingerprint density at radius 3 is 1.94 bits per heavy atom. The van der Waals surface area contributed by atoms with Crippen LogP contribution in [0.15, 0.2) is 0 Å². The molecule has 1 saturated heterocycles. The average molecular weight is 278 g/mol.